The maximum atomic E-state index is 11.1. The summed E-state index contributed by atoms with van der Waals surface area (Å²) in [5, 5.41) is 3.77. The summed E-state index contributed by atoms with van der Waals surface area (Å²) in [7, 11) is 0. The molecule has 100 valence electrons. The predicted molar refractivity (Wildman–Crippen MR) is 71.7 cm³/mol. The highest BCUT2D eigenvalue weighted by atomic mass is 16.1. The number of carbonyl (C=O) groups excluding carboxylic acids is 1. The molecule has 0 unspecified atom stereocenters. The molecule has 3 nitrogen and oxygen atoms in total. The van der Waals surface area contributed by atoms with Gasteiger partial charge in [0.25, 0.3) is 0 Å². The average Bonchev–Trinajstić information content (AvgIpc) is 2.30. The molecule has 1 fully saturated rings. The molecule has 0 aromatic carbocycles. The lowest BCUT2D eigenvalue weighted by Crippen LogP contribution is -2.42. The van der Waals surface area contributed by atoms with E-state index in [4.69, 9.17) is 5.73 Å². The zero-order chi connectivity index (χ0) is 12.7. The fraction of sp³-hybridized carbons (Fsp3) is 0.929. The monoisotopic (exact) mass is 240 g/mol. The van der Waals surface area contributed by atoms with Gasteiger partial charge in [-0.05, 0) is 38.5 Å². The topological polar surface area (TPSA) is 55.1 Å². The summed E-state index contributed by atoms with van der Waals surface area (Å²) in [6, 6.07) is 1.27. The van der Waals surface area contributed by atoms with Crippen LogP contribution in [0.1, 0.15) is 65.2 Å². The molecule has 1 aliphatic carbocycles. The second kappa shape index (κ2) is 7.70. The molecule has 0 saturated heterocycles. The zero-order valence-corrected chi connectivity index (χ0v) is 11.4. The van der Waals surface area contributed by atoms with E-state index in [2.05, 4.69) is 19.2 Å². The van der Waals surface area contributed by atoms with Crippen LogP contribution in [0.4, 0.5) is 0 Å². The molecule has 0 aliphatic heterocycles. The molecule has 0 aromatic heterocycles. The van der Waals surface area contributed by atoms with Crippen LogP contribution in [-0.2, 0) is 4.79 Å². The summed E-state index contributed by atoms with van der Waals surface area (Å²) in [4.78, 5) is 11.1. The first-order valence-corrected chi connectivity index (χ1v) is 7.22. The first-order chi connectivity index (χ1) is 8.17. The molecule has 1 amide bonds. The van der Waals surface area contributed by atoms with Gasteiger partial charge in [0.2, 0.25) is 5.91 Å². The van der Waals surface area contributed by atoms with Crippen LogP contribution in [0.2, 0.25) is 0 Å². The van der Waals surface area contributed by atoms with Gasteiger partial charge in [-0.3, -0.25) is 4.79 Å². The van der Waals surface area contributed by atoms with Crippen molar-refractivity contribution in [1.29, 1.82) is 0 Å². The second-order valence-corrected chi connectivity index (χ2v) is 5.39. The Bertz CT molecular complexity index is 216. The Morgan fingerprint density at radius 1 is 1.18 bits per heavy atom. The molecular formula is C14H28N2O. The molecule has 0 heterocycles. The largest absolute Gasteiger partial charge is 0.369 e. The Labute approximate surface area is 106 Å². The van der Waals surface area contributed by atoms with Crippen molar-refractivity contribution in [3.63, 3.8) is 0 Å². The molecule has 0 bridgehead atoms. The van der Waals surface area contributed by atoms with Crippen LogP contribution < -0.4 is 11.1 Å². The van der Waals surface area contributed by atoms with E-state index in [0.29, 0.717) is 12.1 Å². The summed E-state index contributed by atoms with van der Waals surface area (Å²) in [5.41, 5.74) is 5.35. The molecule has 1 saturated carbocycles. The third-order valence-electron chi connectivity index (χ3n) is 3.88. The number of nitrogens with one attached hydrogen (secondary N) is 1. The van der Waals surface area contributed by atoms with Gasteiger partial charge in [0.05, 0.1) is 0 Å². The summed E-state index contributed by atoms with van der Waals surface area (Å²) in [6.07, 6.45) is 9.18. The van der Waals surface area contributed by atoms with Crippen LogP contribution in [0.25, 0.3) is 0 Å². The van der Waals surface area contributed by atoms with Crippen molar-refractivity contribution < 1.29 is 4.79 Å². The molecular weight excluding hydrogens is 212 g/mol. The lowest BCUT2D eigenvalue weighted by Gasteiger charge is -2.31. The Balaban J connectivity index is 2.30. The minimum absolute atomic E-state index is 0.109. The Kier molecular flexibility index (Phi) is 6.56. The summed E-state index contributed by atoms with van der Waals surface area (Å²) in [5.74, 6) is 0.0194. The Hall–Kier alpha value is -0.570. The molecule has 3 heteroatoms. The quantitative estimate of drug-likeness (QED) is 0.718. The van der Waals surface area contributed by atoms with Crippen LogP contribution in [-0.4, -0.2) is 18.0 Å². The third kappa shape index (κ3) is 5.07. The van der Waals surface area contributed by atoms with Crippen LogP contribution in [0.5, 0.6) is 0 Å². The van der Waals surface area contributed by atoms with Gasteiger partial charge in [-0.15, -0.1) is 0 Å². The van der Waals surface area contributed by atoms with Gasteiger partial charge in [-0.2, -0.15) is 0 Å². The highest BCUT2D eigenvalue weighted by Gasteiger charge is 2.25. The normalized spacial score (nSPS) is 25.1. The molecule has 1 aliphatic rings. The van der Waals surface area contributed by atoms with Crippen molar-refractivity contribution in [1.82, 2.24) is 5.32 Å². The average molecular weight is 240 g/mol. The van der Waals surface area contributed by atoms with Gasteiger partial charge < -0.3 is 11.1 Å². The number of primary amides is 1. The van der Waals surface area contributed by atoms with Crippen LogP contribution in [0.15, 0.2) is 0 Å². The van der Waals surface area contributed by atoms with Gasteiger partial charge in [0, 0.05) is 18.0 Å². The van der Waals surface area contributed by atoms with Crippen molar-refractivity contribution in [2.75, 3.05) is 0 Å². The van der Waals surface area contributed by atoms with Crippen LogP contribution in [0, 0.1) is 5.92 Å². The first-order valence-electron chi connectivity index (χ1n) is 7.22. The van der Waals surface area contributed by atoms with Crippen LogP contribution >= 0.6 is 0 Å². The third-order valence-corrected chi connectivity index (χ3v) is 3.88. The number of amides is 1. The summed E-state index contributed by atoms with van der Waals surface area (Å²) >= 11 is 0. The molecule has 0 atom stereocenters. The summed E-state index contributed by atoms with van der Waals surface area (Å²) < 4.78 is 0. The number of hydrogen-bond donors (Lipinski definition) is 2. The fourth-order valence-electron chi connectivity index (χ4n) is 2.89. The SMILES string of the molecule is CCCC(CCC)NC1CCC(C(N)=O)CC1. The molecule has 17 heavy (non-hydrogen) atoms. The van der Waals surface area contributed by atoms with Crippen molar-refractivity contribution in [3.05, 3.63) is 0 Å². The van der Waals surface area contributed by atoms with E-state index >= 15 is 0 Å². The van der Waals surface area contributed by atoms with Gasteiger partial charge in [0.1, 0.15) is 0 Å². The van der Waals surface area contributed by atoms with E-state index in [-0.39, 0.29) is 11.8 Å². The molecule has 0 spiro atoms. The lowest BCUT2D eigenvalue weighted by atomic mass is 9.85. The summed E-state index contributed by atoms with van der Waals surface area (Å²) in [6.45, 7) is 4.49. The van der Waals surface area contributed by atoms with Gasteiger partial charge in [-0.25, -0.2) is 0 Å². The fourth-order valence-corrected chi connectivity index (χ4v) is 2.89. The molecule has 0 radical (unpaired) electrons. The number of nitrogens with two attached hydrogens (primary N) is 1. The molecule has 0 aromatic rings. The maximum absolute atomic E-state index is 11.1. The Morgan fingerprint density at radius 2 is 1.71 bits per heavy atom. The van der Waals surface area contributed by atoms with E-state index < -0.39 is 0 Å². The highest BCUT2D eigenvalue weighted by Crippen LogP contribution is 2.24. The van der Waals surface area contributed by atoms with Crippen molar-refractivity contribution >= 4 is 5.91 Å². The first kappa shape index (κ1) is 14.5. The van der Waals surface area contributed by atoms with Crippen molar-refractivity contribution in [3.8, 4) is 0 Å². The minimum Gasteiger partial charge on any atom is -0.369 e. The van der Waals surface area contributed by atoms with E-state index in [1.807, 2.05) is 0 Å². The zero-order valence-electron chi connectivity index (χ0n) is 11.4. The number of rotatable bonds is 7. The standard InChI is InChI=1S/C14H28N2O/c1-3-5-12(6-4-2)16-13-9-7-11(8-10-13)14(15)17/h11-13,16H,3-10H2,1-2H3,(H2,15,17). The smallest absolute Gasteiger partial charge is 0.220 e. The van der Waals surface area contributed by atoms with Crippen molar-refractivity contribution in [2.45, 2.75) is 77.3 Å². The molecule has 3 N–H and O–H groups in total. The predicted octanol–water partition coefficient (Wildman–Crippen LogP) is 2.59. The Morgan fingerprint density at radius 3 is 2.12 bits per heavy atom. The number of hydrogen-bond acceptors (Lipinski definition) is 2. The van der Waals surface area contributed by atoms with E-state index in [9.17, 15) is 4.79 Å². The number of carbonyl (C=O) groups is 1. The molecule has 1 rings (SSSR count). The van der Waals surface area contributed by atoms with Gasteiger partial charge in [-0.1, -0.05) is 26.7 Å². The van der Waals surface area contributed by atoms with Gasteiger partial charge >= 0.3 is 0 Å². The van der Waals surface area contributed by atoms with E-state index in [0.717, 1.165) is 25.7 Å². The maximum Gasteiger partial charge on any atom is 0.220 e. The lowest BCUT2D eigenvalue weighted by molar-refractivity contribution is -0.122. The minimum atomic E-state index is -0.109. The van der Waals surface area contributed by atoms with Gasteiger partial charge in [0.15, 0.2) is 0 Å². The highest BCUT2D eigenvalue weighted by molar-refractivity contribution is 5.76. The second-order valence-electron chi connectivity index (χ2n) is 5.39. The van der Waals surface area contributed by atoms with E-state index in [1.165, 1.54) is 25.7 Å². The van der Waals surface area contributed by atoms with Crippen LogP contribution in [0.3, 0.4) is 0 Å². The van der Waals surface area contributed by atoms with Crippen molar-refractivity contribution in [2.24, 2.45) is 11.7 Å². The van der Waals surface area contributed by atoms with E-state index in [1.54, 1.807) is 0 Å².